The Morgan fingerprint density at radius 2 is 2.03 bits per heavy atom. The fraction of sp³-hybridized carbons (Fsp3) is 0.167. The molecule has 0 spiro atoms. The molecule has 0 radical (unpaired) electrons. The highest BCUT2D eigenvalue weighted by Gasteiger charge is 2.30. The molecule has 3 rings (SSSR count). The number of rotatable bonds is 6. The normalized spacial score (nSPS) is 11.4. The largest absolute Gasteiger partial charge is 0.467 e. The Labute approximate surface area is 166 Å². The van der Waals surface area contributed by atoms with Crippen LogP contribution in [0.1, 0.15) is 11.3 Å². The van der Waals surface area contributed by atoms with Crippen LogP contribution >= 0.6 is 11.8 Å². The molecule has 0 aliphatic heterocycles. The molecule has 0 unspecified atom stereocenters. The monoisotopic (exact) mass is 424 g/mol. The molecule has 3 N–H and O–H groups in total. The average Bonchev–Trinajstić information content (AvgIpc) is 3.17. The molecule has 7 nitrogen and oxygen atoms in total. The molecule has 2 heterocycles. The van der Waals surface area contributed by atoms with Crippen LogP contribution in [0.2, 0.25) is 0 Å². The van der Waals surface area contributed by atoms with Crippen molar-refractivity contribution in [2.45, 2.75) is 17.9 Å². The number of alkyl halides is 3. The van der Waals surface area contributed by atoms with E-state index >= 15 is 0 Å². The maximum Gasteiger partial charge on any atom is 0.416 e. The summed E-state index contributed by atoms with van der Waals surface area (Å²) in [5.74, 6) is -0.0389. The highest BCUT2D eigenvalue weighted by molar-refractivity contribution is 7.99. The van der Waals surface area contributed by atoms with Gasteiger partial charge < -0.3 is 15.5 Å². The number of aromatic nitrogens is 2. The number of furan rings is 1. The van der Waals surface area contributed by atoms with Gasteiger partial charge in [0.1, 0.15) is 11.6 Å². The fourth-order valence-electron chi connectivity index (χ4n) is 2.44. The minimum Gasteiger partial charge on any atom is -0.467 e. The van der Waals surface area contributed by atoms with E-state index in [0.29, 0.717) is 5.76 Å². The van der Waals surface area contributed by atoms with Gasteiger partial charge in [0.2, 0.25) is 5.91 Å². The third kappa shape index (κ3) is 5.19. The summed E-state index contributed by atoms with van der Waals surface area (Å²) in [7, 11) is 0. The Hall–Kier alpha value is -3.21. The third-order valence-corrected chi connectivity index (χ3v) is 4.67. The number of nitrogens with zero attached hydrogens (tertiary/aromatic N) is 2. The predicted molar refractivity (Wildman–Crippen MR) is 101 cm³/mol. The van der Waals surface area contributed by atoms with Gasteiger partial charge in [0.15, 0.2) is 5.16 Å². The van der Waals surface area contributed by atoms with E-state index in [-0.39, 0.29) is 34.9 Å². The van der Waals surface area contributed by atoms with Crippen LogP contribution in [0.15, 0.2) is 63.1 Å². The number of hydrogen-bond acceptors (Lipinski definition) is 6. The van der Waals surface area contributed by atoms with Gasteiger partial charge in [0.05, 0.1) is 29.8 Å². The first-order valence-corrected chi connectivity index (χ1v) is 9.21. The van der Waals surface area contributed by atoms with Crippen LogP contribution in [-0.2, 0) is 17.5 Å². The molecule has 152 valence electrons. The van der Waals surface area contributed by atoms with Crippen LogP contribution in [0.25, 0.3) is 5.69 Å². The molecular formula is C18H15F3N4O3S. The van der Waals surface area contributed by atoms with Crippen molar-refractivity contribution in [3.8, 4) is 5.69 Å². The minimum atomic E-state index is -4.55. The summed E-state index contributed by atoms with van der Waals surface area (Å²) >= 11 is 0.877. The first-order valence-electron chi connectivity index (χ1n) is 8.23. The number of benzene rings is 1. The molecule has 0 fully saturated rings. The van der Waals surface area contributed by atoms with Gasteiger partial charge in [0.25, 0.3) is 5.56 Å². The highest BCUT2D eigenvalue weighted by atomic mass is 32.2. The molecule has 2 aromatic heterocycles. The summed E-state index contributed by atoms with van der Waals surface area (Å²) in [6, 6.07) is 8.81. The van der Waals surface area contributed by atoms with E-state index in [1.54, 1.807) is 12.1 Å². The number of hydrogen-bond donors (Lipinski definition) is 2. The molecule has 0 bridgehead atoms. The Bertz CT molecular complexity index is 1060. The van der Waals surface area contributed by atoms with Gasteiger partial charge in [0, 0.05) is 6.07 Å². The van der Waals surface area contributed by atoms with E-state index in [1.807, 2.05) is 0 Å². The van der Waals surface area contributed by atoms with Gasteiger partial charge in [-0.1, -0.05) is 17.8 Å². The van der Waals surface area contributed by atoms with Gasteiger partial charge in [-0.05, 0) is 30.3 Å². The zero-order valence-electron chi connectivity index (χ0n) is 14.8. The Morgan fingerprint density at radius 1 is 1.24 bits per heavy atom. The molecule has 1 amide bonds. The van der Waals surface area contributed by atoms with Crippen LogP contribution in [0.4, 0.5) is 19.0 Å². The van der Waals surface area contributed by atoms with Gasteiger partial charge in [-0.15, -0.1) is 0 Å². The molecule has 0 atom stereocenters. The SMILES string of the molecule is Nc1cc(=O)nc(SCC(=O)NCc2ccco2)n1-c1cccc(C(F)(F)F)c1. The Balaban J connectivity index is 1.82. The molecule has 3 aromatic rings. The molecule has 0 aliphatic rings. The van der Waals surface area contributed by atoms with Crippen molar-refractivity contribution < 1.29 is 22.4 Å². The van der Waals surface area contributed by atoms with Crippen molar-refractivity contribution in [2.75, 3.05) is 11.5 Å². The average molecular weight is 424 g/mol. The second-order valence-corrected chi connectivity index (χ2v) is 6.77. The zero-order chi connectivity index (χ0) is 21.0. The van der Waals surface area contributed by atoms with Crippen molar-refractivity contribution in [1.82, 2.24) is 14.9 Å². The van der Waals surface area contributed by atoms with Gasteiger partial charge >= 0.3 is 6.18 Å². The lowest BCUT2D eigenvalue weighted by molar-refractivity contribution is -0.137. The van der Waals surface area contributed by atoms with Crippen LogP contribution in [-0.4, -0.2) is 21.2 Å². The van der Waals surface area contributed by atoms with E-state index in [0.717, 1.165) is 30.0 Å². The van der Waals surface area contributed by atoms with E-state index in [9.17, 15) is 22.8 Å². The molecule has 11 heteroatoms. The maximum absolute atomic E-state index is 13.0. The summed E-state index contributed by atoms with van der Waals surface area (Å²) in [6.45, 7) is 0.178. The number of thioether (sulfide) groups is 1. The van der Waals surface area contributed by atoms with E-state index in [1.165, 1.54) is 23.0 Å². The smallest absolute Gasteiger partial charge is 0.416 e. The number of carbonyl (C=O) groups is 1. The highest BCUT2D eigenvalue weighted by Crippen LogP contribution is 2.31. The topological polar surface area (TPSA) is 103 Å². The van der Waals surface area contributed by atoms with Crippen molar-refractivity contribution >= 4 is 23.5 Å². The number of nitrogens with one attached hydrogen (secondary N) is 1. The summed E-state index contributed by atoms with van der Waals surface area (Å²) in [6.07, 6.45) is -3.07. The van der Waals surface area contributed by atoms with Crippen molar-refractivity contribution in [2.24, 2.45) is 0 Å². The number of nitrogens with two attached hydrogens (primary N) is 1. The standard InChI is InChI=1S/C18H15F3N4O3S/c19-18(20,21)11-3-1-4-12(7-11)25-14(22)8-15(26)24-17(25)29-10-16(27)23-9-13-5-2-6-28-13/h1-8H,9-10,22H2,(H,23,27). The van der Waals surface area contributed by atoms with Gasteiger partial charge in [-0.2, -0.15) is 18.2 Å². The minimum absolute atomic E-state index is 0.00229. The van der Waals surface area contributed by atoms with Crippen LogP contribution < -0.4 is 16.6 Å². The summed E-state index contributed by atoms with van der Waals surface area (Å²) < 4.78 is 45.4. The van der Waals surface area contributed by atoms with Crippen LogP contribution in [0.3, 0.4) is 0 Å². The van der Waals surface area contributed by atoms with Crippen molar-refractivity contribution in [3.05, 3.63) is 70.4 Å². The maximum atomic E-state index is 13.0. The molecule has 0 saturated carbocycles. The lowest BCUT2D eigenvalue weighted by Crippen LogP contribution is -2.25. The molecule has 1 aromatic carbocycles. The zero-order valence-corrected chi connectivity index (χ0v) is 15.6. The van der Waals surface area contributed by atoms with Crippen LogP contribution in [0, 0.1) is 0 Å². The van der Waals surface area contributed by atoms with E-state index < -0.39 is 17.3 Å². The number of amides is 1. The Kier molecular flexibility index (Phi) is 5.97. The third-order valence-electron chi connectivity index (χ3n) is 3.73. The molecule has 0 saturated heterocycles. The second kappa shape index (κ2) is 8.43. The van der Waals surface area contributed by atoms with Crippen LogP contribution in [0.5, 0.6) is 0 Å². The molecule has 29 heavy (non-hydrogen) atoms. The van der Waals surface area contributed by atoms with Gasteiger partial charge in [-0.25, -0.2) is 0 Å². The number of halogens is 3. The lowest BCUT2D eigenvalue weighted by Gasteiger charge is -2.16. The van der Waals surface area contributed by atoms with E-state index in [2.05, 4.69) is 10.3 Å². The molecule has 0 aliphatic carbocycles. The predicted octanol–water partition coefficient (Wildman–Crippen LogP) is 2.84. The number of anilines is 1. The summed E-state index contributed by atoms with van der Waals surface area (Å²) in [5.41, 5.74) is 4.39. The van der Waals surface area contributed by atoms with Crippen molar-refractivity contribution in [1.29, 1.82) is 0 Å². The quantitative estimate of drug-likeness (QED) is 0.466. The fourth-order valence-corrected chi connectivity index (χ4v) is 3.29. The lowest BCUT2D eigenvalue weighted by atomic mass is 10.2. The first-order chi connectivity index (χ1) is 13.7. The second-order valence-electron chi connectivity index (χ2n) is 5.83. The summed E-state index contributed by atoms with van der Waals surface area (Å²) in [4.78, 5) is 27.6. The Morgan fingerprint density at radius 3 is 2.72 bits per heavy atom. The summed E-state index contributed by atoms with van der Waals surface area (Å²) in [5, 5.41) is 2.63. The number of nitrogen functional groups attached to an aromatic ring is 1. The number of carbonyl (C=O) groups excluding carboxylic acids is 1. The first kappa shape index (κ1) is 20.5. The van der Waals surface area contributed by atoms with E-state index in [4.69, 9.17) is 10.2 Å². The van der Waals surface area contributed by atoms with Gasteiger partial charge in [-0.3, -0.25) is 14.2 Å². The molecular weight excluding hydrogens is 409 g/mol. The van der Waals surface area contributed by atoms with Crippen molar-refractivity contribution in [3.63, 3.8) is 0 Å².